The van der Waals surface area contributed by atoms with Gasteiger partial charge in [0, 0.05) is 6.54 Å². The highest BCUT2D eigenvalue weighted by molar-refractivity contribution is 6.32. The summed E-state index contributed by atoms with van der Waals surface area (Å²) >= 11 is 5.99. The van der Waals surface area contributed by atoms with Crippen LogP contribution >= 0.6 is 11.6 Å². The van der Waals surface area contributed by atoms with E-state index in [4.69, 9.17) is 22.1 Å². The van der Waals surface area contributed by atoms with Crippen LogP contribution in [0.5, 0.6) is 5.75 Å². The first-order chi connectivity index (χ1) is 8.58. The van der Waals surface area contributed by atoms with Crippen LogP contribution in [0.25, 0.3) is 0 Å². The van der Waals surface area contributed by atoms with Gasteiger partial charge in [-0.3, -0.25) is 4.79 Å². The normalized spacial score (nSPS) is 12.0. The lowest BCUT2D eigenvalue weighted by Crippen LogP contribution is -2.40. The number of methoxy groups -OCH3 is 1. The molecule has 1 atom stereocenters. The molecule has 18 heavy (non-hydrogen) atoms. The third-order valence-corrected chi connectivity index (χ3v) is 2.91. The lowest BCUT2D eigenvalue weighted by atomic mass is 10.1. The predicted octanol–water partition coefficient (Wildman–Crippen LogP) is 2.09. The highest BCUT2D eigenvalue weighted by atomic mass is 35.5. The lowest BCUT2D eigenvalue weighted by molar-refractivity contribution is -0.122. The molecule has 4 nitrogen and oxygen atoms in total. The summed E-state index contributed by atoms with van der Waals surface area (Å²) in [5, 5.41) is 3.31. The van der Waals surface area contributed by atoms with Gasteiger partial charge >= 0.3 is 0 Å². The number of nitrogens with one attached hydrogen (secondary N) is 1. The van der Waals surface area contributed by atoms with Crippen molar-refractivity contribution in [3.8, 4) is 5.75 Å². The Kier molecular flexibility index (Phi) is 5.95. The largest absolute Gasteiger partial charge is 0.495 e. The van der Waals surface area contributed by atoms with Crippen LogP contribution in [0.15, 0.2) is 18.2 Å². The second kappa shape index (κ2) is 7.24. The van der Waals surface area contributed by atoms with E-state index >= 15 is 0 Å². The number of hydrogen-bond donors (Lipinski definition) is 2. The van der Waals surface area contributed by atoms with Gasteiger partial charge in [-0.2, -0.15) is 0 Å². The fourth-order valence-corrected chi connectivity index (χ4v) is 1.86. The van der Waals surface area contributed by atoms with Crippen molar-refractivity contribution in [1.29, 1.82) is 0 Å². The number of benzene rings is 1. The summed E-state index contributed by atoms with van der Waals surface area (Å²) in [5.74, 6) is 0.484. The standard InChI is InChI=1S/C13H19ClN2O2/c1-3-4-11(15)13(17)16-8-9-5-6-12(18-2)10(14)7-9/h5-7,11H,3-4,8,15H2,1-2H3,(H,16,17). The van der Waals surface area contributed by atoms with Crippen molar-refractivity contribution >= 4 is 17.5 Å². The minimum absolute atomic E-state index is 0.135. The quantitative estimate of drug-likeness (QED) is 0.832. The number of amides is 1. The maximum atomic E-state index is 11.6. The Morgan fingerprint density at radius 1 is 1.56 bits per heavy atom. The van der Waals surface area contributed by atoms with E-state index in [0.717, 1.165) is 12.0 Å². The summed E-state index contributed by atoms with van der Waals surface area (Å²) < 4.78 is 5.06. The van der Waals surface area contributed by atoms with Gasteiger partial charge in [-0.15, -0.1) is 0 Å². The second-order valence-corrected chi connectivity index (χ2v) is 4.49. The summed E-state index contributed by atoms with van der Waals surface area (Å²) in [6.45, 7) is 2.41. The molecule has 0 aromatic heterocycles. The van der Waals surface area contributed by atoms with E-state index in [9.17, 15) is 4.79 Å². The summed E-state index contributed by atoms with van der Waals surface area (Å²) in [6, 6.07) is 4.96. The summed E-state index contributed by atoms with van der Waals surface area (Å²) in [6.07, 6.45) is 1.58. The Morgan fingerprint density at radius 2 is 2.28 bits per heavy atom. The van der Waals surface area contributed by atoms with E-state index in [0.29, 0.717) is 23.7 Å². The molecule has 1 rings (SSSR count). The topological polar surface area (TPSA) is 64.4 Å². The summed E-state index contributed by atoms with van der Waals surface area (Å²) in [5.41, 5.74) is 6.62. The number of hydrogen-bond acceptors (Lipinski definition) is 3. The van der Waals surface area contributed by atoms with Crippen molar-refractivity contribution < 1.29 is 9.53 Å². The zero-order chi connectivity index (χ0) is 13.5. The van der Waals surface area contributed by atoms with E-state index in [1.165, 1.54) is 0 Å². The molecular weight excluding hydrogens is 252 g/mol. The Bertz CT molecular complexity index is 410. The van der Waals surface area contributed by atoms with E-state index < -0.39 is 6.04 Å². The van der Waals surface area contributed by atoms with Gasteiger partial charge in [-0.1, -0.05) is 31.0 Å². The van der Waals surface area contributed by atoms with Crippen LogP contribution in [0.4, 0.5) is 0 Å². The Hall–Kier alpha value is -1.26. The van der Waals surface area contributed by atoms with E-state index in [2.05, 4.69) is 5.32 Å². The van der Waals surface area contributed by atoms with Crippen LogP contribution in [0, 0.1) is 0 Å². The first-order valence-electron chi connectivity index (χ1n) is 5.94. The van der Waals surface area contributed by atoms with Crippen molar-refractivity contribution in [3.63, 3.8) is 0 Å². The molecular formula is C13H19ClN2O2. The van der Waals surface area contributed by atoms with E-state index in [1.807, 2.05) is 13.0 Å². The first-order valence-corrected chi connectivity index (χ1v) is 6.32. The highest BCUT2D eigenvalue weighted by Gasteiger charge is 2.11. The van der Waals surface area contributed by atoms with E-state index in [-0.39, 0.29) is 5.91 Å². The fraction of sp³-hybridized carbons (Fsp3) is 0.462. The summed E-state index contributed by atoms with van der Waals surface area (Å²) in [4.78, 5) is 11.6. The zero-order valence-electron chi connectivity index (χ0n) is 10.7. The minimum atomic E-state index is -0.441. The Labute approximate surface area is 112 Å². The number of nitrogens with two attached hydrogens (primary N) is 1. The minimum Gasteiger partial charge on any atom is -0.495 e. The molecule has 0 aliphatic rings. The van der Waals surface area contributed by atoms with Crippen LogP contribution in [0.1, 0.15) is 25.3 Å². The van der Waals surface area contributed by atoms with Crippen molar-refractivity contribution in [2.75, 3.05) is 7.11 Å². The van der Waals surface area contributed by atoms with Gasteiger partial charge in [-0.05, 0) is 24.1 Å². The molecule has 0 aliphatic carbocycles. The molecule has 0 aliphatic heterocycles. The van der Waals surface area contributed by atoms with Gasteiger partial charge in [0.1, 0.15) is 5.75 Å². The predicted molar refractivity (Wildman–Crippen MR) is 72.7 cm³/mol. The lowest BCUT2D eigenvalue weighted by Gasteiger charge is -2.12. The number of halogens is 1. The van der Waals surface area contributed by atoms with Gasteiger partial charge in [0.05, 0.1) is 18.2 Å². The molecule has 100 valence electrons. The third-order valence-electron chi connectivity index (χ3n) is 2.62. The molecule has 1 unspecified atom stereocenters. The maximum Gasteiger partial charge on any atom is 0.237 e. The molecule has 0 spiro atoms. The molecule has 0 radical (unpaired) electrons. The van der Waals surface area contributed by atoms with Crippen LogP contribution in [-0.4, -0.2) is 19.1 Å². The fourth-order valence-electron chi connectivity index (χ4n) is 1.58. The number of carbonyl (C=O) groups is 1. The molecule has 3 N–H and O–H groups in total. The molecule has 0 heterocycles. The smallest absolute Gasteiger partial charge is 0.237 e. The second-order valence-electron chi connectivity index (χ2n) is 4.08. The van der Waals surface area contributed by atoms with E-state index in [1.54, 1.807) is 19.2 Å². The van der Waals surface area contributed by atoms with Gasteiger partial charge in [0.15, 0.2) is 0 Å². The number of carbonyl (C=O) groups excluding carboxylic acids is 1. The maximum absolute atomic E-state index is 11.6. The molecule has 0 saturated heterocycles. The highest BCUT2D eigenvalue weighted by Crippen LogP contribution is 2.24. The third kappa shape index (κ3) is 4.20. The van der Waals surface area contributed by atoms with Gasteiger partial charge in [0.2, 0.25) is 5.91 Å². The monoisotopic (exact) mass is 270 g/mol. The molecule has 0 saturated carbocycles. The molecule has 1 aromatic rings. The number of rotatable bonds is 6. The molecule has 0 bridgehead atoms. The molecule has 5 heteroatoms. The average Bonchev–Trinajstić information content (AvgIpc) is 2.36. The molecule has 1 aromatic carbocycles. The van der Waals surface area contributed by atoms with Gasteiger partial charge in [-0.25, -0.2) is 0 Å². The Morgan fingerprint density at radius 3 is 2.83 bits per heavy atom. The number of ether oxygens (including phenoxy) is 1. The van der Waals surface area contributed by atoms with Crippen LogP contribution in [0.3, 0.4) is 0 Å². The van der Waals surface area contributed by atoms with Crippen LogP contribution in [-0.2, 0) is 11.3 Å². The van der Waals surface area contributed by atoms with Crippen LogP contribution < -0.4 is 15.8 Å². The van der Waals surface area contributed by atoms with Crippen molar-refractivity contribution in [2.24, 2.45) is 5.73 Å². The molecule has 1 amide bonds. The van der Waals surface area contributed by atoms with Crippen molar-refractivity contribution in [3.05, 3.63) is 28.8 Å². The zero-order valence-corrected chi connectivity index (χ0v) is 11.5. The van der Waals surface area contributed by atoms with Crippen LogP contribution in [0.2, 0.25) is 5.02 Å². The Balaban J connectivity index is 2.53. The first kappa shape index (κ1) is 14.8. The summed E-state index contributed by atoms with van der Waals surface area (Å²) in [7, 11) is 1.56. The van der Waals surface area contributed by atoms with Gasteiger partial charge in [0.25, 0.3) is 0 Å². The molecule has 0 fully saturated rings. The average molecular weight is 271 g/mol. The van der Waals surface area contributed by atoms with Crippen molar-refractivity contribution in [2.45, 2.75) is 32.4 Å². The SMILES string of the molecule is CCCC(N)C(=O)NCc1ccc(OC)c(Cl)c1. The van der Waals surface area contributed by atoms with Gasteiger partial charge < -0.3 is 15.8 Å². The van der Waals surface area contributed by atoms with Crippen molar-refractivity contribution in [1.82, 2.24) is 5.32 Å².